The molecule has 0 bridgehead atoms. The standard InChI is InChI=1S/C16H17F2NO/c1-16(11-20,13-5-3-2-4-6-13)19-10-12-7-14(17)9-15(18)8-12/h2-9,19-20H,10-11H2,1H3. The van der Waals surface area contributed by atoms with Crippen molar-refractivity contribution in [2.45, 2.75) is 19.0 Å². The minimum absolute atomic E-state index is 0.116. The van der Waals surface area contributed by atoms with Gasteiger partial charge in [0.2, 0.25) is 0 Å². The molecule has 0 amide bonds. The molecule has 0 heterocycles. The van der Waals surface area contributed by atoms with E-state index in [9.17, 15) is 13.9 Å². The first-order valence-electron chi connectivity index (χ1n) is 6.40. The number of hydrogen-bond donors (Lipinski definition) is 2. The Hall–Kier alpha value is -1.78. The van der Waals surface area contributed by atoms with Crippen molar-refractivity contribution in [2.24, 2.45) is 0 Å². The van der Waals surface area contributed by atoms with E-state index >= 15 is 0 Å². The third-order valence-corrected chi connectivity index (χ3v) is 3.33. The van der Waals surface area contributed by atoms with Crippen molar-refractivity contribution in [3.05, 3.63) is 71.3 Å². The van der Waals surface area contributed by atoms with Crippen LogP contribution in [0.25, 0.3) is 0 Å². The lowest BCUT2D eigenvalue weighted by molar-refractivity contribution is 0.173. The molecule has 0 spiro atoms. The summed E-state index contributed by atoms with van der Waals surface area (Å²) >= 11 is 0. The number of halogens is 2. The van der Waals surface area contributed by atoms with Gasteiger partial charge in [0.1, 0.15) is 11.6 Å². The second-order valence-corrected chi connectivity index (χ2v) is 4.99. The van der Waals surface area contributed by atoms with Crippen molar-refractivity contribution in [3.8, 4) is 0 Å². The molecule has 0 fully saturated rings. The highest BCUT2D eigenvalue weighted by Crippen LogP contribution is 2.20. The topological polar surface area (TPSA) is 32.3 Å². The minimum Gasteiger partial charge on any atom is -0.394 e. The van der Waals surface area contributed by atoms with E-state index in [0.29, 0.717) is 5.56 Å². The molecule has 2 N–H and O–H groups in total. The number of benzene rings is 2. The van der Waals surface area contributed by atoms with E-state index < -0.39 is 17.2 Å². The Morgan fingerprint density at radius 3 is 2.20 bits per heavy atom. The normalized spacial score (nSPS) is 14.0. The average molecular weight is 277 g/mol. The van der Waals surface area contributed by atoms with Crippen molar-refractivity contribution in [2.75, 3.05) is 6.61 Å². The first-order valence-corrected chi connectivity index (χ1v) is 6.40. The molecule has 2 aromatic carbocycles. The molecule has 0 radical (unpaired) electrons. The van der Waals surface area contributed by atoms with Crippen LogP contribution in [-0.2, 0) is 12.1 Å². The lowest BCUT2D eigenvalue weighted by Gasteiger charge is -2.29. The average Bonchev–Trinajstić information content (AvgIpc) is 2.45. The van der Waals surface area contributed by atoms with E-state index in [2.05, 4.69) is 5.32 Å². The van der Waals surface area contributed by atoms with Gasteiger partial charge in [0.05, 0.1) is 12.1 Å². The molecule has 2 aromatic rings. The van der Waals surface area contributed by atoms with Gasteiger partial charge in [-0.3, -0.25) is 0 Å². The molecule has 1 atom stereocenters. The first-order chi connectivity index (χ1) is 9.53. The van der Waals surface area contributed by atoms with Crippen LogP contribution < -0.4 is 5.32 Å². The maximum atomic E-state index is 13.1. The van der Waals surface area contributed by atoms with Gasteiger partial charge in [-0.05, 0) is 30.2 Å². The molecule has 20 heavy (non-hydrogen) atoms. The number of nitrogens with one attached hydrogen (secondary N) is 1. The quantitative estimate of drug-likeness (QED) is 0.880. The van der Waals surface area contributed by atoms with Crippen LogP contribution in [0.3, 0.4) is 0 Å². The van der Waals surface area contributed by atoms with Gasteiger partial charge in [-0.15, -0.1) is 0 Å². The molecule has 0 aliphatic carbocycles. The second kappa shape index (κ2) is 6.11. The molecule has 2 rings (SSSR count). The molecular weight excluding hydrogens is 260 g/mol. The predicted molar refractivity (Wildman–Crippen MR) is 74.1 cm³/mol. The van der Waals surface area contributed by atoms with Crippen LogP contribution in [0, 0.1) is 11.6 Å². The molecule has 106 valence electrons. The molecule has 1 unspecified atom stereocenters. The number of rotatable bonds is 5. The molecule has 0 saturated heterocycles. The van der Waals surface area contributed by atoms with Crippen LogP contribution in [0.15, 0.2) is 48.5 Å². The molecule has 0 saturated carbocycles. The Kier molecular flexibility index (Phi) is 4.47. The van der Waals surface area contributed by atoms with E-state index in [0.717, 1.165) is 11.6 Å². The van der Waals surface area contributed by atoms with E-state index in [1.165, 1.54) is 12.1 Å². The van der Waals surface area contributed by atoms with E-state index in [1.807, 2.05) is 37.3 Å². The fourth-order valence-corrected chi connectivity index (χ4v) is 2.07. The summed E-state index contributed by atoms with van der Waals surface area (Å²) in [7, 11) is 0. The van der Waals surface area contributed by atoms with Crippen molar-refractivity contribution in [1.82, 2.24) is 5.32 Å². The molecule has 0 aromatic heterocycles. The van der Waals surface area contributed by atoms with Crippen LogP contribution in [-0.4, -0.2) is 11.7 Å². The summed E-state index contributed by atoms with van der Waals surface area (Å²) in [6.45, 7) is 1.99. The molecule has 0 aliphatic heterocycles. The van der Waals surface area contributed by atoms with Crippen LogP contribution >= 0.6 is 0 Å². The van der Waals surface area contributed by atoms with Gasteiger partial charge in [0.25, 0.3) is 0 Å². The lowest BCUT2D eigenvalue weighted by atomic mass is 9.92. The van der Waals surface area contributed by atoms with Crippen LogP contribution in [0.2, 0.25) is 0 Å². The van der Waals surface area contributed by atoms with E-state index in [4.69, 9.17) is 0 Å². The monoisotopic (exact) mass is 277 g/mol. The summed E-state index contributed by atoms with van der Waals surface area (Å²) in [6, 6.07) is 12.8. The Labute approximate surface area is 117 Å². The van der Waals surface area contributed by atoms with E-state index in [1.54, 1.807) is 0 Å². The summed E-state index contributed by atoms with van der Waals surface area (Å²) < 4.78 is 26.3. The lowest BCUT2D eigenvalue weighted by Crippen LogP contribution is -2.42. The highest BCUT2D eigenvalue weighted by Gasteiger charge is 2.24. The first kappa shape index (κ1) is 14.6. The molecule has 2 nitrogen and oxygen atoms in total. The highest BCUT2D eigenvalue weighted by atomic mass is 19.1. The molecular formula is C16H17F2NO. The third kappa shape index (κ3) is 3.40. The van der Waals surface area contributed by atoms with Gasteiger partial charge >= 0.3 is 0 Å². The van der Waals surface area contributed by atoms with Gasteiger partial charge < -0.3 is 10.4 Å². The van der Waals surface area contributed by atoms with Crippen molar-refractivity contribution < 1.29 is 13.9 Å². The molecule has 4 heteroatoms. The van der Waals surface area contributed by atoms with Gasteiger partial charge in [-0.2, -0.15) is 0 Å². The zero-order valence-corrected chi connectivity index (χ0v) is 11.2. The Morgan fingerprint density at radius 1 is 1.05 bits per heavy atom. The predicted octanol–water partition coefficient (Wildman–Crippen LogP) is 2.96. The smallest absolute Gasteiger partial charge is 0.126 e. The fraction of sp³-hybridized carbons (Fsp3) is 0.250. The Morgan fingerprint density at radius 2 is 1.65 bits per heavy atom. The minimum atomic E-state index is -0.663. The van der Waals surface area contributed by atoms with Gasteiger partial charge in [0, 0.05) is 12.6 Å². The van der Waals surface area contributed by atoms with Crippen molar-refractivity contribution in [3.63, 3.8) is 0 Å². The summed E-state index contributed by atoms with van der Waals surface area (Å²) in [5, 5.41) is 12.8. The van der Waals surface area contributed by atoms with Crippen molar-refractivity contribution in [1.29, 1.82) is 0 Å². The summed E-state index contributed by atoms with van der Waals surface area (Å²) in [5.74, 6) is -1.21. The Balaban J connectivity index is 2.15. The second-order valence-electron chi connectivity index (χ2n) is 4.99. The van der Waals surface area contributed by atoms with Gasteiger partial charge in [-0.1, -0.05) is 30.3 Å². The fourth-order valence-electron chi connectivity index (χ4n) is 2.07. The van der Waals surface area contributed by atoms with E-state index in [-0.39, 0.29) is 13.2 Å². The number of aliphatic hydroxyl groups is 1. The van der Waals surface area contributed by atoms with Gasteiger partial charge in [0.15, 0.2) is 0 Å². The SMILES string of the molecule is CC(CO)(NCc1cc(F)cc(F)c1)c1ccccc1. The molecule has 0 aliphatic rings. The number of hydrogen-bond acceptors (Lipinski definition) is 2. The maximum Gasteiger partial charge on any atom is 0.126 e. The summed E-state index contributed by atoms with van der Waals surface area (Å²) in [4.78, 5) is 0. The maximum absolute atomic E-state index is 13.1. The Bertz CT molecular complexity index is 554. The van der Waals surface area contributed by atoms with Crippen molar-refractivity contribution >= 4 is 0 Å². The number of aliphatic hydroxyl groups excluding tert-OH is 1. The highest BCUT2D eigenvalue weighted by molar-refractivity contribution is 5.25. The van der Waals surface area contributed by atoms with Gasteiger partial charge in [-0.25, -0.2) is 8.78 Å². The largest absolute Gasteiger partial charge is 0.394 e. The zero-order chi connectivity index (χ0) is 14.6. The van der Waals surface area contributed by atoms with Crippen LogP contribution in [0.4, 0.5) is 8.78 Å². The van der Waals surface area contributed by atoms with Crippen LogP contribution in [0.5, 0.6) is 0 Å². The van der Waals surface area contributed by atoms with Crippen LogP contribution in [0.1, 0.15) is 18.1 Å². The zero-order valence-electron chi connectivity index (χ0n) is 11.2. The summed E-state index contributed by atoms with van der Waals surface area (Å²) in [6.07, 6.45) is 0. The summed E-state index contributed by atoms with van der Waals surface area (Å²) in [5.41, 5.74) is 0.752. The third-order valence-electron chi connectivity index (χ3n) is 3.33.